The zero-order chi connectivity index (χ0) is 28.1. The first-order chi connectivity index (χ1) is 17.8. The smallest absolute Gasteiger partial charge is 0.416 e. The van der Waals surface area contributed by atoms with Gasteiger partial charge in [-0.05, 0) is 42.2 Å². The number of amides is 2. The molecule has 2 aromatic rings. The molecule has 3 rings (SSSR count). The normalized spacial score (nSPS) is 15.8. The molecular weight excluding hydrogens is 518 g/mol. The second-order valence-corrected chi connectivity index (χ2v) is 9.30. The van der Waals surface area contributed by atoms with Crippen LogP contribution >= 0.6 is 0 Å². The maximum Gasteiger partial charge on any atom is 0.416 e. The second-order valence-electron chi connectivity index (χ2n) is 9.30. The van der Waals surface area contributed by atoms with Crippen LogP contribution in [0.25, 0.3) is 0 Å². The number of likely N-dealkylation sites (tertiary alicyclic amines) is 1. The largest absolute Gasteiger partial charge is 0.465 e. The average molecular weight is 547 g/mol. The third-order valence-electron chi connectivity index (χ3n) is 6.49. The van der Waals surface area contributed by atoms with Gasteiger partial charge in [0.1, 0.15) is 0 Å². The molecule has 1 aliphatic heterocycles. The average Bonchev–Trinajstić information content (AvgIpc) is 2.87. The third kappa shape index (κ3) is 7.86. The Hall–Kier alpha value is -3.28. The van der Waals surface area contributed by atoms with E-state index in [9.17, 15) is 35.9 Å². The predicted molar refractivity (Wildman–Crippen MR) is 125 cm³/mol. The number of hydrogen-bond donors (Lipinski definition) is 1. The highest BCUT2D eigenvalue weighted by Crippen LogP contribution is 2.36. The van der Waals surface area contributed by atoms with E-state index < -0.39 is 42.1 Å². The Morgan fingerprint density at radius 2 is 1.55 bits per heavy atom. The number of alkyl halides is 6. The molecule has 2 aromatic carbocycles. The number of nitrogens with zero attached hydrogens (tertiary/aromatic N) is 2. The molecule has 0 spiro atoms. The lowest BCUT2D eigenvalue weighted by atomic mass is 9.94. The van der Waals surface area contributed by atoms with E-state index in [2.05, 4.69) is 0 Å². The summed E-state index contributed by atoms with van der Waals surface area (Å²) in [6, 6.07) is 10.2. The third-order valence-corrected chi connectivity index (χ3v) is 6.49. The lowest BCUT2D eigenvalue weighted by Crippen LogP contribution is -2.44. The van der Waals surface area contributed by atoms with Gasteiger partial charge in [0.15, 0.2) is 0 Å². The van der Waals surface area contributed by atoms with Gasteiger partial charge in [0, 0.05) is 38.5 Å². The van der Waals surface area contributed by atoms with Gasteiger partial charge in [-0.15, -0.1) is 0 Å². The molecule has 1 N–H and O–H groups in total. The van der Waals surface area contributed by atoms with Crippen LogP contribution < -0.4 is 0 Å². The van der Waals surface area contributed by atoms with E-state index in [-0.39, 0.29) is 49.7 Å². The molecule has 12 heteroatoms. The van der Waals surface area contributed by atoms with Crippen LogP contribution in [0.5, 0.6) is 0 Å². The van der Waals surface area contributed by atoms with Crippen LogP contribution in [0.4, 0.5) is 31.1 Å². The fraction of sp³-hybridized carbons (Fsp3) is 0.462. The van der Waals surface area contributed by atoms with Crippen LogP contribution in [0.3, 0.4) is 0 Å². The van der Waals surface area contributed by atoms with Crippen molar-refractivity contribution in [2.75, 3.05) is 33.3 Å². The maximum atomic E-state index is 13.2. The monoisotopic (exact) mass is 546 g/mol. The molecule has 0 aliphatic carbocycles. The van der Waals surface area contributed by atoms with Crippen molar-refractivity contribution in [2.45, 2.75) is 37.7 Å². The number of piperidine rings is 1. The molecule has 0 radical (unpaired) electrons. The summed E-state index contributed by atoms with van der Waals surface area (Å²) in [4.78, 5) is 26.9. The standard InChI is InChI=1S/C26H28F6N2O4/c1-33(23(35)19-7-9-34(10-8-19)24(36)37)14-20(18-5-3-2-4-6-18)16-38-15-17-11-21(25(27,28)29)13-22(12-17)26(30,31)32/h2-6,11-13,19-20H,7-10,14-16H2,1H3,(H,36,37). The fourth-order valence-corrected chi connectivity index (χ4v) is 4.45. The summed E-state index contributed by atoms with van der Waals surface area (Å²) < 4.78 is 84.6. The van der Waals surface area contributed by atoms with E-state index in [1.807, 2.05) is 0 Å². The Kier molecular flexibility index (Phi) is 9.29. The van der Waals surface area contributed by atoms with Crippen molar-refractivity contribution in [3.63, 3.8) is 0 Å². The molecule has 208 valence electrons. The molecular formula is C26H28F6N2O4. The molecule has 1 atom stereocenters. The highest BCUT2D eigenvalue weighted by atomic mass is 19.4. The lowest BCUT2D eigenvalue weighted by molar-refractivity contribution is -0.143. The van der Waals surface area contributed by atoms with Crippen LogP contribution in [0.1, 0.15) is 41.0 Å². The van der Waals surface area contributed by atoms with E-state index in [0.717, 1.165) is 5.56 Å². The van der Waals surface area contributed by atoms with E-state index in [4.69, 9.17) is 9.84 Å². The molecule has 6 nitrogen and oxygen atoms in total. The first-order valence-electron chi connectivity index (χ1n) is 11.9. The zero-order valence-corrected chi connectivity index (χ0v) is 20.6. The summed E-state index contributed by atoms with van der Waals surface area (Å²) in [5.41, 5.74) is -2.31. The summed E-state index contributed by atoms with van der Waals surface area (Å²) >= 11 is 0. The maximum absolute atomic E-state index is 13.2. The van der Waals surface area contributed by atoms with Gasteiger partial charge in [-0.3, -0.25) is 4.79 Å². The first-order valence-corrected chi connectivity index (χ1v) is 11.9. The minimum atomic E-state index is -4.95. The number of rotatable bonds is 8. The summed E-state index contributed by atoms with van der Waals surface area (Å²) in [5.74, 6) is -0.917. The molecule has 0 saturated carbocycles. The van der Waals surface area contributed by atoms with Crippen LogP contribution in [0.2, 0.25) is 0 Å². The Morgan fingerprint density at radius 3 is 2.05 bits per heavy atom. The predicted octanol–water partition coefficient (Wildman–Crippen LogP) is 5.87. The second kappa shape index (κ2) is 12.1. The van der Waals surface area contributed by atoms with Crippen molar-refractivity contribution in [1.82, 2.24) is 9.80 Å². The number of ether oxygens (including phenoxy) is 1. The summed E-state index contributed by atoms with van der Waals surface area (Å²) in [6.07, 6.45) is -10.2. The van der Waals surface area contributed by atoms with Gasteiger partial charge in [-0.25, -0.2) is 4.79 Å². The number of carbonyl (C=O) groups is 2. The Balaban J connectivity index is 1.69. The SMILES string of the molecule is CN(CC(COCc1cc(C(F)(F)F)cc(C(F)(F)F)c1)c1ccccc1)C(=O)C1CCN(C(=O)O)CC1. The van der Waals surface area contributed by atoms with Crippen molar-refractivity contribution < 1.29 is 45.8 Å². The minimum absolute atomic E-state index is 0.0588. The molecule has 1 aliphatic rings. The highest BCUT2D eigenvalue weighted by Gasteiger charge is 2.37. The van der Waals surface area contributed by atoms with Gasteiger partial charge in [-0.2, -0.15) is 26.3 Å². The number of carbonyl (C=O) groups excluding carboxylic acids is 1. The van der Waals surface area contributed by atoms with Crippen molar-refractivity contribution in [3.8, 4) is 0 Å². The van der Waals surface area contributed by atoms with Gasteiger partial charge < -0.3 is 19.6 Å². The van der Waals surface area contributed by atoms with E-state index in [1.165, 1.54) is 9.80 Å². The van der Waals surface area contributed by atoms with Crippen molar-refractivity contribution >= 4 is 12.0 Å². The molecule has 1 unspecified atom stereocenters. The fourth-order valence-electron chi connectivity index (χ4n) is 4.45. The topological polar surface area (TPSA) is 70.1 Å². The van der Waals surface area contributed by atoms with Crippen molar-refractivity contribution in [2.24, 2.45) is 5.92 Å². The zero-order valence-electron chi connectivity index (χ0n) is 20.6. The lowest BCUT2D eigenvalue weighted by Gasteiger charge is -2.33. The number of halogens is 6. The molecule has 1 fully saturated rings. The van der Waals surface area contributed by atoms with Crippen LogP contribution in [-0.4, -0.2) is 60.2 Å². The first kappa shape index (κ1) is 29.3. The van der Waals surface area contributed by atoms with Crippen molar-refractivity contribution in [3.05, 3.63) is 70.8 Å². The number of benzene rings is 2. The molecule has 38 heavy (non-hydrogen) atoms. The molecule has 1 saturated heterocycles. The summed E-state index contributed by atoms with van der Waals surface area (Å²) in [5, 5.41) is 9.10. The van der Waals surface area contributed by atoms with Crippen molar-refractivity contribution in [1.29, 1.82) is 0 Å². The van der Waals surface area contributed by atoms with Gasteiger partial charge in [0.2, 0.25) is 5.91 Å². The quantitative estimate of drug-likeness (QED) is 0.421. The van der Waals surface area contributed by atoms with Gasteiger partial charge in [0.05, 0.1) is 24.3 Å². The highest BCUT2D eigenvalue weighted by molar-refractivity contribution is 5.79. The number of carboxylic acid groups (broad SMARTS) is 1. The summed E-state index contributed by atoms with van der Waals surface area (Å²) in [6.45, 7) is 0.153. The Labute approximate surface area is 215 Å². The Bertz CT molecular complexity index is 1070. The Morgan fingerprint density at radius 1 is 1.00 bits per heavy atom. The molecule has 1 heterocycles. The molecule has 0 bridgehead atoms. The van der Waals surface area contributed by atoms with Crippen LogP contribution in [0.15, 0.2) is 48.5 Å². The molecule has 2 amide bonds. The van der Waals surface area contributed by atoms with E-state index >= 15 is 0 Å². The molecule has 0 aromatic heterocycles. The van der Waals surface area contributed by atoms with Gasteiger partial charge >= 0.3 is 18.4 Å². The minimum Gasteiger partial charge on any atom is -0.465 e. The summed E-state index contributed by atoms with van der Waals surface area (Å²) in [7, 11) is 1.60. The number of likely N-dealkylation sites (N-methyl/N-ethyl adjacent to an activating group) is 1. The number of hydrogen-bond acceptors (Lipinski definition) is 3. The van der Waals surface area contributed by atoms with Gasteiger partial charge in [-0.1, -0.05) is 30.3 Å². The van der Waals surface area contributed by atoms with Crippen LogP contribution in [-0.2, 0) is 28.5 Å². The van der Waals surface area contributed by atoms with Crippen LogP contribution in [0, 0.1) is 5.92 Å². The van der Waals surface area contributed by atoms with Gasteiger partial charge in [0.25, 0.3) is 0 Å². The van der Waals surface area contributed by atoms with E-state index in [0.29, 0.717) is 25.0 Å². The van der Waals surface area contributed by atoms with E-state index in [1.54, 1.807) is 37.4 Å².